The smallest absolute Gasteiger partial charge is 0.341 e. The molecule has 2 rings (SSSR count). The summed E-state index contributed by atoms with van der Waals surface area (Å²) < 4.78 is 10.7. The first-order valence-electron chi connectivity index (χ1n) is 8.28. The number of benzene rings is 2. The zero-order valence-corrected chi connectivity index (χ0v) is 15.3. The average Bonchev–Trinajstić information content (AvgIpc) is 2.65. The van der Waals surface area contributed by atoms with E-state index in [2.05, 4.69) is 0 Å². The monoisotopic (exact) mass is 371 g/mol. The second-order valence-corrected chi connectivity index (χ2v) is 5.92. The van der Waals surface area contributed by atoms with Gasteiger partial charge >= 0.3 is 5.97 Å². The fourth-order valence-corrected chi connectivity index (χ4v) is 2.35. The number of ether oxygens (including phenoxy) is 2. The number of Topliss-reactive ketones (excluding diaryl/α,β-unsaturated/α-hetero) is 1. The Morgan fingerprint density at radius 1 is 1.07 bits per heavy atom. The van der Waals surface area contributed by atoms with Crippen molar-refractivity contribution in [2.75, 3.05) is 18.6 Å². The number of hydrogen-bond donors (Lipinski definition) is 1. The summed E-state index contributed by atoms with van der Waals surface area (Å²) in [6, 6.07) is 13.1. The van der Waals surface area contributed by atoms with Gasteiger partial charge in [0.15, 0.2) is 18.5 Å². The summed E-state index contributed by atoms with van der Waals surface area (Å²) >= 11 is 0. The Morgan fingerprint density at radius 3 is 2.33 bits per heavy atom. The topological polar surface area (TPSA) is 93.1 Å². The largest absolute Gasteiger partial charge is 0.482 e. The number of rotatable bonds is 8. The van der Waals surface area contributed by atoms with Crippen LogP contribution in [0.1, 0.15) is 24.2 Å². The van der Waals surface area contributed by atoms with Gasteiger partial charge in [0.1, 0.15) is 11.5 Å². The van der Waals surface area contributed by atoms with Gasteiger partial charge in [-0.2, -0.15) is 0 Å². The molecule has 0 bridgehead atoms. The fraction of sp³-hybridized carbons (Fsp3) is 0.250. The Balaban J connectivity index is 2.02. The molecular weight excluding hydrogens is 350 g/mol. The van der Waals surface area contributed by atoms with Crippen LogP contribution in [0.3, 0.4) is 0 Å². The van der Waals surface area contributed by atoms with E-state index in [0.717, 1.165) is 0 Å². The van der Waals surface area contributed by atoms with Gasteiger partial charge in [-0.3, -0.25) is 9.59 Å². The number of anilines is 1. The Labute approximate surface area is 157 Å². The van der Waals surface area contributed by atoms with Gasteiger partial charge < -0.3 is 19.5 Å². The van der Waals surface area contributed by atoms with Crippen molar-refractivity contribution in [2.45, 2.75) is 20.0 Å². The summed E-state index contributed by atoms with van der Waals surface area (Å²) in [5.41, 5.74) is 1.12. The van der Waals surface area contributed by atoms with E-state index in [-0.39, 0.29) is 11.7 Å². The minimum atomic E-state index is -1.06. The van der Waals surface area contributed by atoms with Gasteiger partial charge in [0, 0.05) is 18.3 Å². The summed E-state index contributed by atoms with van der Waals surface area (Å²) in [4.78, 5) is 36.0. The van der Waals surface area contributed by atoms with Gasteiger partial charge in [-0.15, -0.1) is 0 Å². The number of likely N-dealkylation sites (N-methyl/N-ethyl adjacent to an activating group) is 1. The zero-order valence-electron chi connectivity index (χ0n) is 15.3. The fourth-order valence-electron chi connectivity index (χ4n) is 2.35. The summed E-state index contributed by atoms with van der Waals surface area (Å²) in [6.07, 6.45) is -0.764. The SMILES string of the molecule is CC(=O)c1cccc(OC(C)C(=O)N(C)c2ccc(OCC(=O)O)cc2)c1. The zero-order chi connectivity index (χ0) is 20.0. The van der Waals surface area contributed by atoms with Crippen LogP contribution in [0.4, 0.5) is 5.69 Å². The van der Waals surface area contributed by atoms with Crippen LogP contribution in [-0.4, -0.2) is 42.5 Å². The van der Waals surface area contributed by atoms with E-state index in [9.17, 15) is 14.4 Å². The molecule has 0 aliphatic heterocycles. The molecule has 7 nitrogen and oxygen atoms in total. The normalized spacial score (nSPS) is 11.4. The van der Waals surface area contributed by atoms with Crippen molar-refractivity contribution in [2.24, 2.45) is 0 Å². The first-order chi connectivity index (χ1) is 12.8. The molecule has 0 saturated carbocycles. The minimum absolute atomic E-state index is 0.0817. The van der Waals surface area contributed by atoms with E-state index >= 15 is 0 Å². The lowest BCUT2D eigenvalue weighted by Gasteiger charge is -2.22. The maximum Gasteiger partial charge on any atom is 0.341 e. The molecule has 1 atom stereocenters. The number of hydrogen-bond acceptors (Lipinski definition) is 5. The number of carbonyl (C=O) groups excluding carboxylic acids is 2. The van der Waals surface area contributed by atoms with Crippen LogP contribution >= 0.6 is 0 Å². The lowest BCUT2D eigenvalue weighted by Crippen LogP contribution is -2.38. The summed E-state index contributed by atoms with van der Waals surface area (Å²) in [5.74, 6) is -0.586. The molecule has 142 valence electrons. The van der Waals surface area contributed by atoms with Crippen molar-refractivity contribution in [1.29, 1.82) is 0 Å². The highest BCUT2D eigenvalue weighted by atomic mass is 16.5. The number of aliphatic carboxylic acids is 1. The first kappa shape index (κ1) is 20.0. The predicted molar refractivity (Wildman–Crippen MR) is 99.5 cm³/mol. The van der Waals surface area contributed by atoms with Crippen molar-refractivity contribution < 1.29 is 29.0 Å². The number of carboxylic acid groups (broad SMARTS) is 1. The lowest BCUT2D eigenvalue weighted by molar-refractivity contribution is -0.139. The highest BCUT2D eigenvalue weighted by Crippen LogP contribution is 2.21. The van der Waals surface area contributed by atoms with E-state index in [4.69, 9.17) is 14.6 Å². The summed E-state index contributed by atoms with van der Waals surface area (Å²) in [7, 11) is 1.61. The quantitative estimate of drug-likeness (QED) is 0.717. The van der Waals surface area contributed by atoms with Crippen molar-refractivity contribution in [3.8, 4) is 11.5 Å². The Kier molecular flexibility index (Phi) is 6.54. The van der Waals surface area contributed by atoms with Crippen LogP contribution < -0.4 is 14.4 Å². The van der Waals surface area contributed by atoms with Gasteiger partial charge in [-0.1, -0.05) is 12.1 Å². The van der Waals surface area contributed by atoms with Crippen molar-refractivity contribution in [1.82, 2.24) is 0 Å². The molecule has 0 radical (unpaired) electrons. The third-order valence-electron chi connectivity index (χ3n) is 3.82. The molecule has 1 amide bonds. The maximum absolute atomic E-state index is 12.6. The number of carboxylic acids is 1. The van der Waals surface area contributed by atoms with E-state index < -0.39 is 18.7 Å². The van der Waals surface area contributed by atoms with E-state index in [1.807, 2.05) is 0 Å². The van der Waals surface area contributed by atoms with Crippen LogP contribution in [0.5, 0.6) is 11.5 Å². The molecule has 2 aromatic carbocycles. The summed E-state index contributed by atoms with van der Waals surface area (Å²) in [5, 5.41) is 8.61. The molecule has 0 saturated heterocycles. The van der Waals surface area contributed by atoms with E-state index in [1.54, 1.807) is 62.5 Å². The second kappa shape index (κ2) is 8.84. The van der Waals surface area contributed by atoms with Crippen molar-refractivity contribution >= 4 is 23.3 Å². The highest BCUT2D eigenvalue weighted by Gasteiger charge is 2.20. The molecule has 1 N–H and O–H groups in total. The Hall–Kier alpha value is -3.35. The third kappa shape index (κ3) is 5.57. The predicted octanol–water partition coefficient (Wildman–Crippen LogP) is 2.78. The van der Waals surface area contributed by atoms with Crippen LogP contribution in [0.2, 0.25) is 0 Å². The van der Waals surface area contributed by atoms with Crippen molar-refractivity contribution in [3.63, 3.8) is 0 Å². The Bertz CT molecular complexity index is 831. The van der Waals surface area contributed by atoms with E-state index in [1.165, 1.54) is 11.8 Å². The number of nitrogens with zero attached hydrogens (tertiary/aromatic N) is 1. The molecule has 0 heterocycles. The minimum Gasteiger partial charge on any atom is -0.482 e. The van der Waals surface area contributed by atoms with Crippen LogP contribution in [-0.2, 0) is 9.59 Å². The summed E-state index contributed by atoms with van der Waals surface area (Å²) in [6.45, 7) is 2.66. The maximum atomic E-state index is 12.6. The third-order valence-corrected chi connectivity index (χ3v) is 3.82. The standard InChI is InChI=1S/C20H21NO6/c1-13(22)15-5-4-6-18(11-15)27-14(2)20(25)21(3)16-7-9-17(10-8-16)26-12-19(23)24/h4-11,14H,12H2,1-3H3,(H,23,24). The average molecular weight is 371 g/mol. The van der Waals surface area contributed by atoms with Gasteiger partial charge in [-0.25, -0.2) is 4.79 Å². The molecule has 27 heavy (non-hydrogen) atoms. The second-order valence-electron chi connectivity index (χ2n) is 5.92. The molecule has 0 fully saturated rings. The molecular formula is C20H21NO6. The molecule has 0 aromatic heterocycles. The first-order valence-corrected chi connectivity index (χ1v) is 8.28. The molecule has 0 aliphatic rings. The van der Waals surface area contributed by atoms with E-state index in [0.29, 0.717) is 22.7 Å². The molecule has 1 unspecified atom stereocenters. The van der Waals surface area contributed by atoms with Gasteiger partial charge in [0.2, 0.25) is 0 Å². The van der Waals surface area contributed by atoms with Crippen LogP contribution in [0.25, 0.3) is 0 Å². The molecule has 2 aromatic rings. The van der Waals surface area contributed by atoms with Gasteiger partial charge in [0.05, 0.1) is 0 Å². The van der Waals surface area contributed by atoms with Crippen molar-refractivity contribution in [3.05, 3.63) is 54.1 Å². The Morgan fingerprint density at radius 2 is 1.74 bits per heavy atom. The van der Waals surface area contributed by atoms with Crippen LogP contribution in [0.15, 0.2) is 48.5 Å². The highest BCUT2D eigenvalue weighted by molar-refractivity contribution is 5.96. The lowest BCUT2D eigenvalue weighted by atomic mass is 10.1. The van der Waals surface area contributed by atoms with Crippen LogP contribution in [0, 0.1) is 0 Å². The molecule has 0 aliphatic carbocycles. The molecule has 0 spiro atoms. The van der Waals surface area contributed by atoms with Gasteiger partial charge in [0.25, 0.3) is 5.91 Å². The number of amides is 1. The number of carbonyl (C=O) groups is 3. The van der Waals surface area contributed by atoms with Gasteiger partial charge in [-0.05, 0) is 50.2 Å². The number of ketones is 1. The molecule has 7 heteroatoms.